The van der Waals surface area contributed by atoms with Crippen LogP contribution < -0.4 is 5.73 Å². The predicted octanol–water partition coefficient (Wildman–Crippen LogP) is 5.31. The van der Waals surface area contributed by atoms with Crippen LogP contribution in [0.5, 0.6) is 0 Å². The zero-order valence-corrected chi connectivity index (χ0v) is 16.7. The largest absolute Gasteiger partial charge is 0.379 e. The molecule has 23 heavy (non-hydrogen) atoms. The first-order valence-electron chi connectivity index (χ1n) is 10.1. The second-order valence-electron chi connectivity index (χ2n) is 7.14. The van der Waals surface area contributed by atoms with Crippen LogP contribution in [0.3, 0.4) is 0 Å². The Hall–Kier alpha value is -0.120. The van der Waals surface area contributed by atoms with Crippen LogP contribution in [0, 0.1) is 0 Å². The van der Waals surface area contributed by atoms with Crippen LogP contribution in [0.15, 0.2) is 0 Å². The summed E-state index contributed by atoms with van der Waals surface area (Å²) in [4.78, 5) is 2.29. The van der Waals surface area contributed by atoms with Crippen molar-refractivity contribution in [3.8, 4) is 0 Å². The highest BCUT2D eigenvalue weighted by Gasteiger charge is 1.94. The van der Waals surface area contributed by atoms with Crippen molar-refractivity contribution in [1.29, 1.82) is 0 Å². The van der Waals surface area contributed by atoms with E-state index in [0.717, 1.165) is 0 Å². The van der Waals surface area contributed by atoms with Gasteiger partial charge in [-0.1, -0.05) is 90.4 Å². The Morgan fingerprint density at radius 3 is 1.22 bits per heavy atom. The van der Waals surface area contributed by atoms with Gasteiger partial charge in [-0.2, -0.15) is 0 Å². The number of hydrogen-bond donors (Lipinski definition) is 2. The van der Waals surface area contributed by atoms with Crippen molar-refractivity contribution in [3.63, 3.8) is 0 Å². The molecule has 3 heteroatoms. The van der Waals surface area contributed by atoms with Crippen LogP contribution in [-0.4, -0.2) is 36.9 Å². The summed E-state index contributed by atoms with van der Waals surface area (Å²) in [7, 11) is 4.34. The molecule has 1 atom stereocenters. The van der Waals surface area contributed by atoms with Crippen molar-refractivity contribution in [2.24, 2.45) is 5.73 Å². The monoisotopic (exact) mass is 330 g/mol. The van der Waals surface area contributed by atoms with Gasteiger partial charge in [0.1, 0.15) is 0 Å². The van der Waals surface area contributed by atoms with Gasteiger partial charge in [0.05, 0.1) is 6.23 Å². The van der Waals surface area contributed by atoms with Crippen molar-refractivity contribution in [2.45, 2.75) is 110 Å². The fraction of sp³-hybridized carbons (Fsp3) is 1.00. The van der Waals surface area contributed by atoms with E-state index in [2.05, 4.69) is 31.7 Å². The molecular weight excluding hydrogens is 284 g/mol. The van der Waals surface area contributed by atoms with E-state index in [0.29, 0.717) is 0 Å². The minimum absolute atomic E-state index is 0.667. The van der Waals surface area contributed by atoms with Gasteiger partial charge in [0.15, 0.2) is 0 Å². The Balaban J connectivity index is 0. The molecule has 0 bridgehead atoms. The fourth-order valence-corrected chi connectivity index (χ4v) is 2.62. The lowest BCUT2D eigenvalue weighted by Gasteiger charge is -2.08. The van der Waals surface area contributed by atoms with Gasteiger partial charge in [0.2, 0.25) is 0 Å². The second kappa shape index (κ2) is 21.9. The molecule has 3 nitrogen and oxygen atoms in total. The molecule has 0 aromatic rings. The molecule has 1 unspecified atom stereocenters. The summed E-state index contributed by atoms with van der Waals surface area (Å²) in [6.45, 7) is 5.05. The second-order valence-corrected chi connectivity index (χ2v) is 7.14. The standard InChI is InChI=1S/C18H39N.C2H7NO/c1-4-5-6-7-8-9-10-11-12-13-14-15-16-17-18-19(2)3;1-2(3)4/h4-18H2,1-3H3;2,4H,3H2,1H3. The molecule has 0 fully saturated rings. The first kappa shape index (κ1) is 25.1. The number of hydrogen-bond acceptors (Lipinski definition) is 3. The lowest BCUT2D eigenvalue weighted by molar-refractivity contribution is 0.203. The number of aliphatic hydroxyl groups excluding tert-OH is 1. The van der Waals surface area contributed by atoms with Crippen LogP contribution in [0.2, 0.25) is 0 Å². The minimum Gasteiger partial charge on any atom is -0.379 e. The summed E-state index contributed by atoms with van der Waals surface area (Å²) in [5.41, 5.74) is 4.67. The van der Waals surface area contributed by atoms with E-state index in [1.807, 2.05) is 0 Å². The van der Waals surface area contributed by atoms with Crippen LogP contribution in [0.4, 0.5) is 0 Å². The van der Waals surface area contributed by atoms with Gasteiger partial charge in [0, 0.05) is 0 Å². The number of nitrogens with zero attached hydrogens (tertiary/aromatic N) is 1. The van der Waals surface area contributed by atoms with E-state index in [-0.39, 0.29) is 0 Å². The van der Waals surface area contributed by atoms with Gasteiger partial charge in [-0.25, -0.2) is 0 Å². The lowest BCUT2D eigenvalue weighted by Crippen LogP contribution is -2.12. The zero-order chi connectivity index (χ0) is 17.8. The topological polar surface area (TPSA) is 49.5 Å². The third-order valence-electron chi connectivity index (χ3n) is 3.96. The third kappa shape index (κ3) is 34.3. The van der Waals surface area contributed by atoms with Crippen molar-refractivity contribution in [1.82, 2.24) is 4.90 Å². The van der Waals surface area contributed by atoms with Gasteiger partial charge in [-0.05, 0) is 34.0 Å². The van der Waals surface area contributed by atoms with Crippen molar-refractivity contribution in [3.05, 3.63) is 0 Å². The number of nitrogens with two attached hydrogens (primary N) is 1. The quantitative estimate of drug-likeness (QED) is 0.316. The summed E-state index contributed by atoms with van der Waals surface area (Å²) in [6.07, 6.45) is 19.6. The maximum Gasteiger partial charge on any atom is 0.0991 e. The first-order chi connectivity index (χ1) is 11.0. The normalized spacial score (nSPS) is 12.1. The highest BCUT2D eigenvalue weighted by atomic mass is 16.3. The Bertz CT molecular complexity index is 193. The fourth-order valence-electron chi connectivity index (χ4n) is 2.62. The van der Waals surface area contributed by atoms with Crippen LogP contribution >= 0.6 is 0 Å². The number of unbranched alkanes of at least 4 members (excludes halogenated alkanes) is 13. The highest BCUT2D eigenvalue weighted by Crippen LogP contribution is 2.12. The van der Waals surface area contributed by atoms with Crippen molar-refractivity contribution in [2.75, 3.05) is 20.6 Å². The van der Waals surface area contributed by atoms with E-state index in [9.17, 15) is 0 Å². The molecule has 0 saturated heterocycles. The molecular formula is C20H46N2O. The molecule has 0 spiro atoms. The highest BCUT2D eigenvalue weighted by molar-refractivity contribution is 4.50. The van der Waals surface area contributed by atoms with Crippen LogP contribution in [-0.2, 0) is 0 Å². The number of rotatable bonds is 15. The molecule has 0 aromatic carbocycles. The predicted molar refractivity (Wildman–Crippen MR) is 105 cm³/mol. The molecule has 0 aliphatic rings. The van der Waals surface area contributed by atoms with Gasteiger partial charge < -0.3 is 15.7 Å². The summed E-state index contributed by atoms with van der Waals surface area (Å²) in [5, 5.41) is 7.83. The Kier molecular flexibility index (Phi) is 23.9. The SMILES string of the molecule is CC(N)O.CCCCCCCCCCCCCCCCN(C)C. The van der Waals surface area contributed by atoms with E-state index >= 15 is 0 Å². The molecule has 0 radical (unpaired) electrons. The van der Waals surface area contributed by atoms with Crippen LogP contribution in [0.1, 0.15) is 104 Å². The summed E-state index contributed by atoms with van der Waals surface area (Å²) >= 11 is 0. The van der Waals surface area contributed by atoms with Crippen molar-refractivity contribution < 1.29 is 5.11 Å². The first-order valence-corrected chi connectivity index (χ1v) is 10.1. The molecule has 0 rings (SSSR count). The van der Waals surface area contributed by atoms with E-state index in [4.69, 9.17) is 5.11 Å². The third-order valence-corrected chi connectivity index (χ3v) is 3.96. The van der Waals surface area contributed by atoms with Gasteiger partial charge >= 0.3 is 0 Å². The molecule has 0 aliphatic carbocycles. The molecule has 0 heterocycles. The zero-order valence-electron chi connectivity index (χ0n) is 16.7. The molecule has 0 aromatic heterocycles. The molecule has 0 amide bonds. The van der Waals surface area contributed by atoms with Gasteiger partial charge in [-0.3, -0.25) is 0 Å². The lowest BCUT2D eigenvalue weighted by atomic mass is 10.0. The molecule has 0 aliphatic heterocycles. The maximum absolute atomic E-state index is 7.83. The Morgan fingerprint density at radius 2 is 0.957 bits per heavy atom. The minimum atomic E-state index is -0.667. The summed E-state index contributed by atoms with van der Waals surface area (Å²) < 4.78 is 0. The van der Waals surface area contributed by atoms with E-state index in [1.165, 1.54) is 103 Å². The average Bonchev–Trinajstić information content (AvgIpc) is 2.47. The summed E-state index contributed by atoms with van der Waals surface area (Å²) in [6, 6.07) is 0. The Labute approximate surface area is 147 Å². The average molecular weight is 331 g/mol. The van der Waals surface area contributed by atoms with E-state index in [1.54, 1.807) is 0 Å². The summed E-state index contributed by atoms with van der Waals surface area (Å²) in [5.74, 6) is 0. The number of aliphatic hydroxyl groups is 1. The van der Waals surface area contributed by atoms with Gasteiger partial charge in [0.25, 0.3) is 0 Å². The molecule has 3 N–H and O–H groups in total. The van der Waals surface area contributed by atoms with Crippen molar-refractivity contribution >= 4 is 0 Å². The van der Waals surface area contributed by atoms with Crippen LogP contribution in [0.25, 0.3) is 0 Å². The Morgan fingerprint density at radius 1 is 0.696 bits per heavy atom. The smallest absolute Gasteiger partial charge is 0.0991 e. The molecule has 0 saturated carbocycles. The van der Waals surface area contributed by atoms with Gasteiger partial charge in [-0.15, -0.1) is 0 Å². The molecule has 142 valence electrons. The maximum atomic E-state index is 7.83. The van der Waals surface area contributed by atoms with E-state index < -0.39 is 6.23 Å².